The number of nitrogens with one attached hydrogen (secondary N) is 1. The molecule has 0 aliphatic carbocycles. The summed E-state index contributed by atoms with van der Waals surface area (Å²) in [5.74, 6) is 1.42. The molecule has 140 valence electrons. The molecule has 2 saturated heterocycles. The van der Waals surface area contributed by atoms with Crippen molar-refractivity contribution in [3.8, 4) is 0 Å². The van der Waals surface area contributed by atoms with Crippen molar-refractivity contribution in [3.63, 3.8) is 0 Å². The first kappa shape index (κ1) is 19.8. The summed E-state index contributed by atoms with van der Waals surface area (Å²) in [5.41, 5.74) is 0. The minimum absolute atomic E-state index is 0.168. The van der Waals surface area contributed by atoms with E-state index in [1.807, 2.05) is 20.9 Å². The van der Waals surface area contributed by atoms with Crippen molar-refractivity contribution in [1.82, 2.24) is 20.0 Å². The highest BCUT2D eigenvalue weighted by Crippen LogP contribution is 2.19. The molecule has 0 radical (unpaired) electrons. The zero-order valence-electron chi connectivity index (χ0n) is 16.1. The molecule has 0 unspecified atom stereocenters. The fraction of sp³-hybridized carbons (Fsp3) is 0.947. The van der Waals surface area contributed by atoms with Gasteiger partial charge in [0.25, 0.3) is 0 Å². The quantitative estimate of drug-likeness (QED) is 0.639. The molecule has 0 saturated carbocycles. The second-order valence-corrected chi connectivity index (χ2v) is 7.94. The van der Waals surface area contributed by atoms with Crippen LogP contribution in [0.4, 0.5) is 0 Å². The Balaban J connectivity index is 1.58. The van der Waals surface area contributed by atoms with E-state index in [2.05, 4.69) is 20.0 Å². The van der Waals surface area contributed by atoms with Gasteiger partial charge in [-0.1, -0.05) is 13.8 Å². The van der Waals surface area contributed by atoms with E-state index >= 15 is 0 Å². The van der Waals surface area contributed by atoms with Crippen molar-refractivity contribution < 1.29 is 4.79 Å². The van der Waals surface area contributed by atoms with Gasteiger partial charge in [0, 0.05) is 38.6 Å². The molecule has 2 fully saturated rings. The third-order valence-electron chi connectivity index (χ3n) is 5.61. The van der Waals surface area contributed by atoms with Gasteiger partial charge in [-0.15, -0.1) is 0 Å². The van der Waals surface area contributed by atoms with Gasteiger partial charge < -0.3 is 15.1 Å². The molecule has 2 heterocycles. The molecule has 1 N–H and O–H groups in total. The Morgan fingerprint density at radius 2 is 1.62 bits per heavy atom. The molecular formula is C19H38N4O. The molecule has 0 aromatic heterocycles. The second kappa shape index (κ2) is 10.5. The maximum absolute atomic E-state index is 11.9. The van der Waals surface area contributed by atoms with Gasteiger partial charge in [-0.2, -0.15) is 0 Å². The first-order valence-electron chi connectivity index (χ1n) is 9.93. The Bertz CT molecular complexity index is 358. The van der Waals surface area contributed by atoms with Crippen molar-refractivity contribution in [2.75, 3.05) is 72.5 Å². The number of carbonyl (C=O) groups excluding carboxylic acids is 1. The predicted octanol–water partition coefficient (Wildman–Crippen LogP) is 1.15. The average Bonchev–Trinajstić information content (AvgIpc) is 2.58. The van der Waals surface area contributed by atoms with Gasteiger partial charge >= 0.3 is 0 Å². The molecule has 0 amide bonds. The summed E-state index contributed by atoms with van der Waals surface area (Å²) in [7, 11) is 2.03. The number of ketones is 1. The second-order valence-electron chi connectivity index (χ2n) is 7.94. The van der Waals surface area contributed by atoms with Crippen LogP contribution in [0.2, 0.25) is 0 Å². The number of hydrogen-bond acceptors (Lipinski definition) is 5. The first-order valence-corrected chi connectivity index (χ1v) is 9.93. The third-order valence-corrected chi connectivity index (χ3v) is 5.61. The van der Waals surface area contributed by atoms with Crippen LogP contribution in [-0.4, -0.2) is 93.0 Å². The highest BCUT2D eigenvalue weighted by atomic mass is 16.1. The van der Waals surface area contributed by atoms with E-state index in [0.29, 0.717) is 12.3 Å². The SMILES string of the molecule is CNCCCN1CCC(CN2CCN(CC(=O)C(C)C)CC2)CC1. The average molecular weight is 339 g/mol. The molecule has 24 heavy (non-hydrogen) atoms. The van der Waals surface area contributed by atoms with Gasteiger partial charge in [0.1, 0.15) is 5.78 Å². The number of rotatable bonds is 9. The zero-order valence-corrected chi connectivity index (χ0v) is 16.1. The lowest BCUT2D eigenvalue weighted by atomic mass is 9.95. The van der Waals surface area contributed by atoms with Crippen molar-refractivity contribution in [2.45, 2.75) is 33.1 Å². The molecule has 5 heteroatoms. The highest BCUT2D eigenvalue weighted by molar-refractivity contribution is 5.82. The summed E-state index contributed by atoms with van der Waals surface area (Å²) >= 11 is 0. The number of Topliss-reactive ketones (excluding diaryl/α,β-unsaturated/α-hetero) is 1. The number of likely N-dealkylation sites (tertiary alicyclic amines) is 1. The summed E-state index contributed by atoms with van der Waals surface area (Å²) in [5, 5.41) is 3.23. The molecule has 2 aliphatic heterocycles. The van der Waals surface area contributed by atoms with E-state index in [9.17, 15) is 4.79 Å². The van der Waals surface area contributed by atoms with Crippen LogP contribution in [0.1, 0.15) is 33.1 Å². The maximum atomic E-state index is 11.9. The van der Waals surface area contributed by atoms with E-state index in [1.165, 1.54) is 45.4 Å². The summed E-state index contributed by atoms with van der Waals surface area (Å²) < 4.78 is 0. The topological polar surface area (TPSA) is 38.8 Å². The zero-order chi connectivity index (χ0) is 17.4. The van der Waals surface area contributed by atoms with E-state index in [-0.39, 0.29) is 5.92 Å². The van der Waals surface area contributed by atoms with Crippen LogP contribution in [0.15, 0.2) is 0 Å². The lowest BCUT2D eigenvalue weighted by Crippen LogP contribution is -2.50. The van der Waals surface area contributed by atoms with Crippen LogP contribution in [0.3, 0.4) is 0 Å². The number of hydrogen-bond donors (Lipinski definition) is 1. The number of piperidine rings is 1. The Morgan fingerprint density at radius 3 is 2.21 bits per heavy atom. The van der Waals surface area contributed by atoms with E-state index in [1.54, 1.807) is 0 Å². The summed E-state index contributed by atoms with van der Waals surface area (Å²) in [6, 6.07) is 0. The standard InChI is InChI=1S/C19H38N4O/c1-17(2)19(24)16-23-13-11-22(12-14-23)15-18-5-9-21(10-6-18)8-4-7-20-3/h17-18,20H,4-16H2,1-3H3. The normalized spacial score (nSPS) is 22.3. The van der Waals surface area contributed by atoms with Crippen LogP contribution >= 0.6 is 0 Å². The molecule has 0 atom stereocenters. The Labute approximate surface area is 148 Å². The minimum atomic E-state index is 0.168. The number of nitrogens with zero attached hydrogens (tertiary/aromatic N) is 3. The van der Waals surface area contributed by atoms with Crippen LogP contribution in [0.5, 0.6) is 0 Å². The van der Waals surface area contributed by atoms with Crippen molar-refractivity contribution in [3.05, 3.63) is 0 Å². The highest BCUT2D eigenvalue weighted by Gasteiger charge is 2.24. The van der Waals surface area contributed by atoms with E-state index < -0.39 is 0 Å². The molecular weight excluding hydrogens is 300 g/mol. The molecule has 2 rings (SSSR count). The minimum Gasteiger partial charge on any atom is -0.320 e. The Kier molecular flexibility index (Phi) is 8.67. The lowest BCUT2D eigenvalue weighted by molar-refractivity contribution is -0.123. The monoisotopic (exact) mass is 338 g/mol. The molecule has 0 aromatic carbocycles. The van der Waals surface area contributed by atoms with Gasteiger partial charge in [0.05, 0.1) is 6.54 Å². The number of carbonyl (C=O) groups is 1. The molecule has 5 nitrogen and oxygen atoms in total. The summed E-state index contributed by atoms with van der Waals surface area (Å²) in [6.07, 6.45) is 3.97. The van der Waals surface area contributed by atoms with Crippen LogP contribution in [-0.2, 0) is 4.79 Å². The predicted molar refractivity (Wildman–Crippen MR) is 100 cm³/mol. The Morgan fingerprint density at radius 1 is 1.00 bits per heavy atom. The Hall–Kier alpha value is -0.490. The van der Waals surface area contributed by atoms with Crippen molar-refractivity contribution in [1.29, 1.82) is 0 Å². The molecule has 0 spiro atoms. The summed E-state index contributed by atoms with van der Waals surface area (Å²) in [4.78, 5) is 19.5. The van der Waals surface area contributed by atoms with E-state index in [0.717, 1.165) is 38.6 Å². The van der Waals surface area contributed by atoms with Crippen LogP contribution in [0.25, 0.3) is 0 Å². The van der Waals surface area contributed by atoms with Gasteiger partial charge in [-0.3, -0.25) is 9.69 Å². The van der Waals surface area contributed by atoms with Gasteiger partial charge in [-0.25, -0.2) is 0 Å². The van der Waals surface area contributed by atoms with E-state index in [4.69, 9.17) is 0 Å². The smallest absolute Gasteiger partial charge is 0.149 e. The molecule has 0 bridgehead atoms. The van der Waals surface area contributed by atoms with Crippen molar-refractivity contribution >= 4 is 5.78 Å². The first-order chi connectivity index (χ1) is 11.6. The van der Waals surface area contributed by atoms with Gasteiger partial charge in [-0.05, 0) is 58.4 Å². The number of piperazine rings is 1. The lowest BCUT2D eigenvalue weighted by Gasteiger charge is -2.38. The summed E-state index contributed by atoms with van der Waals surface area (Å²) in [6.45, 7) is 15.2. The van der Waals surface area contributed by atoms with Crippen molar-refractivity contribution in [2.24, 2.45) is 11.8 Å². The van der Waals surface area contributed by atoms with Gasteiger partial charge in [0.15, 0.2) is 0 Å². The van der Waals surface area contributed by atoms with Crippen LogP contribution in [0, 0.1) is 11.8 Å². The van der Waals surface area contributed by atoms with Gasteiger partial charge in [0.2, 0.25) is 0 Å². The molecule has 0 aromatic rings. The maximum Gasteiger partial charge on any atom is 0.149 e. The largest absolute Gasteiger partial charge is 0.320 e. The third kappa shape index (κ3) is 6.79. The fourth-order valence-corrected chi connectivity index (χ4v) is 3.77. The molecule has 2 aliphatic rings. The fourth-order valence-electron chi connectivity index (χ4n) is 3.77. The van der Waals surface area contributed by atoms with Crippen LogP contribution < -0.4 is 5.32 Å².